The Morgan fingerprint density at radius 1 is 1.07 bits per heavy atom. The number of carbonyl (C=O) groups excluding carboxylic acids is 5. The molecule has 2 aromatic carbocycles. The molecule has 240 valence electrons. The molecule has 0 aromatic heterocycles. The minimum absolute atomic E-state index is 0.0219. The lowest BCUT2D eigenvalue weighted by Crippen LogP contribution is -2.74. The molecule has 0 bridgehead atoms. The number of Topliss-reactive ketones (excluding diaryl/α,β-unsaturated/α-hetero) is 4. The average molecular weight is 621 g/mol. The average Bonchev–Trinajstić information content (AvgIpc) is 2.97. The maximum Gasteiger partial charge on any atom is 0.235 e. The second-order valence-electron chi connectivity index (χ2n) is 12.8. The van der Waals surface area contributed by atoms with Gasteiger partial charge in [0, 0.05) is 31.1 Å². The largest absolute Gasteiger partial charge is 0.507 e. The molecule has 3 aliphatic rings. The van der Waals surface area contributed by atoms with Gasteiger partial charge in [-0.3, -0.25) is 28.9 Å². The normalized spacial score (nSPS) is 27.8. The highest BCUT2D eigenvalue weighted by molar-refractivity contribution is 6.32. The maximum atomic E-state index is 14.1. The zero-order valence-corrected chi connectivity index (χ0v) is 26.1. The molecule has 3 aliphatic carbocycles. The van der Waals surface area contributed by atoms with Crippen molar-refractivity contribution in [2.45, 2.75) is 31.0 Å². The predicted molar refractivity (Wildman–Crippen MR) is 164 cm³/mol. The number of hydrogen-bond donors (Lipinski definition) is 4. The molecule has 12 heteroatoms. The van der Waals surface area contributed by atoms with E-state index in [0.29, 0.717) is 29.0 Å². The number of benzene rings is 2. The first-order valence-electron chi connectivity index (χ1n) is 15.0. The summed E-state index contributed by atoms with van der Waals surface area (Å²) in [5.41, 5.74) is 5.40. The standard InChI is InChI=1S/C33H40N4O8/c1-36(2)11-10-35-15-16-6-9-23(45-5)19(12-16)18-7-8-22(38)25-20(18)13-17-14-21-27(37(3)4)29(40)26(32(34)43)31(42)33(21,44)30(41)24(17)28(25)39/h6-9,12,17,21,24,26-27,35,38,44H,10-11,13-15H2,1-5H3,(H2,34,43)/t17-,21-,24?,26?,27?,33-/m1/s1. The first kappa shape index (κ1) is 32.4. The van der Waals surface area contributed by atoms with Crippen LogP contribution in [0.1, 0.15) is 27.9 Å². The van der Waals surface area contributed by atoms with Crippen LogP contribution in [0.4, 0.5) is 0 Å². The number of phenols is 1. The molecule has 0 heterocycles. The number of hydrogen-bond acceptors (Lipinski definition) is 11. The number of methoxy groups -OCH3 is 1. The van der Waals surface area contributed by atoms with Gasteiger partial charge in [-0.2, -0.15) is 0 Å². The number of ether oxygens (including phenoxy) is 1. The molecule has 2 aromatic rings. The fourth-order valence-corrected chi connectivity index (χ4v) is 7.47. The van der Waals surface area contributed by atoms with Gasteiger partial charge in [0.25, 0.3) is 0 Å². The summed E-state index contributed by atoms with van der Waals surface area (Å²) < 4.78 is 5.68. The lowest BCUT2D eigenvalue weighted by atomic mass is 9.52. The predicted octanol–water partition coefficient (Wildman–Crippen LogP) is 0.194. The van der Waals surface area contributed by atoms with Gasteiger partial charge in [0.2, 0.25) is 5.91 Å². The number of nitrogens with zero attached hydrogens (tertiary/aromatic N) is 2. The highest BCUT2D eigenvalue weighted by Gasteiger charge is 2.69. The van der Waals surface area contributed by atoms with Gasteiger partial charge in [0.05, 0.1) is 24.6 Å². The van der Waals surface area contributed by atoms with Crippen molar-refractivity contribution in [1.82, 2.24) is 15.1 Å². The molecule has 0 spiro atoms. The van der Waals surface area contributed by atoms with Crippen LogP contribution in [0, 0.1) is 23.7 Å². The number of nitrogens with two attached hydrogens (primary N) is 1. The molecule has 5 N–H and O–H groups in total. The second-order valence-corrected chi connectivity index (χ2v) is 12.8. The minimum atomic E-state index is -2.76. The minimum Gasteiger partial charge on any atom is -0.507 e. The van der Waals surface area contributed by atoms with Crippen molar-refractivity contribution in [3.63, 3.8) is 0 Å². The van der Waals surface area contributed by atoms with Crippen molar-refractivity contribution < 1.29 is 38.9 Å². The number of primary amides is 1. The number of rotatable bonds is 9. The van der Waals surface area contributed by atoms with Gasteiger partial charge in [-0.1, -0.05) is 12.1 Å². The zero-order valence-electron chi connectivity index (χ0n) is 26.1. The van der Waals surface area contributed by atoms with Crippen LogP contribution in [-0.4, -0.2) is 109 Å². The lowest BCUT2D eigenvalue weighted by Gasteiger charge is -2.52. The number of carbonyl (C=O) groups is 5. The molecule has 0 radical (unpaired) electrons. The summed E-state index contributed by atoms with van der Waals surface area (Å²) in [7, 11) is 8.64. The lowest BCUT2D eigenvalue weighted by molar-refractivity contribution is -0.181. The van der Waals surface area contributed by atoms with Crippen LogP contribution in [0.3, 0.4) is 0 Å². The molecular weight excluding hydrogens is 580 g/mol. The van der Waals surface area contributed by atoms with Gasteiger partial charge in [-0.15, -0.1) is 0 Å². The van der Waals surface area contributed by atoms with Crippen molar-refractivity contribution in [3.8, 4) is 22.6 Å². The van der Waals surface area contributed by atoms with E-state index in [1.54, 1.807) is 27.3 Å². The Morgan fingerprint density at radius 3 is 2.40 bits per heavy atom. The summed E-state index contributed by atoms with van der Waals surface area (Å²) in [6.07, 6.45) is 0.135. The number of aliphatic hydroxyl groups is 1. The van der Waals surface area contributed by atoms with E-state index >= 15 is 0 Å². The van der Waals surface area contributed by atoms with Crippen LogP contribution in [0.15, 0.2) is 30.3 Å². The smallest absolute Gasteiger partial charge is 0.235 e. The summed E-state index contributed by atoms with van der Waals surface area (Å²) in [6, 6.07) is 7.67. The van der Waals surface area contributed by atoms with Crippen molar-refractivity contribution in [2.24, 2.45) is 29.4 Å². The van der Waals surface area contributed by atoms with E-state index in [1.165, 1.54) is 11.0 Å². The number of phenolic OH excluding ortho intramolecular Hbond substituents is 1. The van der Waals surface area contributed by atoms with Gasteiger partial charge < -0.3 is 30.9 Å². The van der Waals surface area contributed by atoms with Crippen molar-refractivity contribution >= 4 is 29.0 Å². The summed E-state index contributed by atoms with van der Waals surface area (Å²) in [6.45, 7) is 2.23. The first-order valence-corrected chi connectivity index (χ1v) is 15.0. The van der Waals surface area contributed by atoms with E-state index in [-0.39, 0.29) is 24.2 Å². The number of likely N-dealkylation sites (N-methyl/N-ethyl adjacent to an activating group) is 2. The van der Waals surface area contributed by atoms with E-state index in [2.05, 4.69) is 10.2 Å². The molecule has 5 rings (SSSR count). The molecule has 45 heavy (non-hydrogen) atoms. The fourth-order valence-electron chi connectivity index (χ4n) is 7.47. The number of aromatic hydroxyl groups is 1. The molecule has 12 nitrogen and oxygen atoms in total. The third-order valence-electron chi connectivity index (χ3n) is 9.56. The highest BCUT2D eigenvalue weighted by atomic mass is 16.5. The SMILES string of the molecule is COc1ccc(CNCCN(C)C)cc1-c1ccc(O)c2c1C[C@@H]1C[C@@H]3C(N(C)C)C(=O)C(C(N)=O)C(=O)[C@]3(O)C(=O)C1C2=O. The molecule has 1 amide bonds. The van der Waals surface area contributed by atoms with Crippen molar-refractivity contribution in [1.29, 1.82) is 0 Å². The Kier molecular flexibility index (Phi) is 8.71. The third-order valence-corrected chi connectivity index (χ3v) is 9.56. The van der Waals surface area contributed by atoms with Crippen LogP contribution in [0.2, 0.25) is 0 Å². The van der Waals surface area contributed by atoms with Crippen LogP contribution < -0.4 is 15.8 Å². The summed E-state index contributed by atoms with van der Waals surface area (Å²) in [5.74, 6) is -10.2. The highest BCUT2D eigenvalue weighted by Crippen LogP contribution is 2.52. The molecule has 2 fully saturated rings. The van der Waals surface area contributed by atoms with E-state index in [1.807, 2.05) is 32.3 Å². The first-order chi connectivity index (χ1) is 21.2. The third kappa shape index (κ3) is 5.25. The van der Waals surface area contributed by atoms with Crippen LogP contribution in [0.25, 0.3) is 11.1 Å². The molecule has 0 aliphatic heterocycles. The molecule has 0 saturated heterocycles. The number of fused-ring (bicyclic) bond motifs is 3. The van der Waals surface area contributed by atoms with Crippen molar-refractivity contribution in [2.75, 3.05) is 48.4 Å². The molecule has 2 saturated carbocycles. The fraction of sp³-hybridized carbons (Fsp3) is 0.485. The number of nitrogens with one attached hydrogen (secondary N) is 1. The topological polar surface area (TPSA) is 180 Å². The molecular formula is C33H40N4O8. The maximum absolute atomic E-state index is 14.1. The van der Waals surface area contributed by atoms with E-state index in [4.69, 9.17) is 10.5 Å². The van der Waals surface area contributed by atoms with Gasteiger partial charge in [0.1, 0.15) is 11.5 Å². The van der Waals surface area contributed by atoms with Crippen LogP contribution >= 0.6 is 0 Å². The Morgan fingerprint density at radius 2 is 1.78 bits per heavy atom. The van der Waals surface area contributed by atoms with Gasteiger partial charge in [-0.25, -0.2) is 0 Å². The van der Waals surface area contributed by atoms with Crippen LogP contribution in [-0.2, 0) is 32.1 Å². The van der Waals surface area contributed by atoms with E-state index in [0.717, 1.165) is 18.7 Å². The number of amides is 1. The Bertz CT molecular complexity index is 1590. The Balaban J connectivity index is 1.58. The molecule has 6 atom stereocenters. The summed E-state index contributed by atoms with van der Waals surface area (Å²) in [4.78, 5) is 70.8. The summed E-state index contributed by atoms with van der Waals surface area (Å²) in [5, 5.41) is 26.1. The van der Waals surface area contributed by atoms with Gasteiger partial charge in [-0.05, 0) is 81.8 Å². The van der Waals surface area contributed by atoms with E-state index in [9.17, 15) is 34.2 Å². The Labute approximate surface area is 261 Å². The van der Waals surface area contributed by atoms with Gasteiger partial charge in [0.15, 0.2) is 34.7 Å². The molecule has 3 unspecified atom stereocenters. The quantitative estimate of drug-likeness (QED) is 0.222. The van der Waals surface area contributed by atoms with Crippen LogP contribution in [0.5, 0.6) is 11.5 Å². The van der Waals surface area contributed by atoms with Gasteiger partial charge >= 0.3 is 0 Å². The Hall–Kier alpha value is -3.97. The van der Waals surface area contributed by atoms with E-state index < -0.39 is 64.4 Å². The summed E-state index contributed by atoms with van der Waals surface area (Å²) >= 11 is 0. The zero-order chi connectivity index (χ0) is 33.0. The number of ketones is 4. The second kappa shape index (κ2) is 12.1. The van der Waals surface area contributed by atoms with Crippen molar-refractivity contribution in [3.05, 3.63) is 47.0 Å². The monoisotopic (exact) mass is 620 g/mol.